The smallest absolute Gasteiger partial charge is 0.445 e. The van der Waals surface area contributed by atoms with Crippen molar-refractivity contribution in [2.45, 2.75) is 13.5 Å². The molecule has 0 bridgehead atoms. The Kier molecular flexibility index (Phi) is 4.77. The molecule has 1 aromatic rings. The van der Waals surface area contributed by atoms with Crippen molar-refractivity contribution in [3.8, 4) is 0 Å². The van der Waals surface area contributed by atoms with Crippen molar-refractivity contribution < 1.29 is 12.9 Å². The summed E-state index contributed by atoms with van der Waals surface area (Å²) in [7, 11) is 0. The predicted molar refractivity (Wildman–Crippen MR) is 76.8 cm³/mol. The number of halogens is 3. The largest absolute Gasteiger partial charge is 0.509 e. The maximum absolute atomic E-state index is 13.1. The summed E-state index contributed by atoms with van der Waals surface area (Å²) >= 11 is 0. The second kappa shape index (κ2) is 6.38. The highest BCUT2D eigenvalue weighted by molar-refractivity contribution is 6.74. The number of benzene rings is 1. The molecule has 0 radical (unpaired) electrons. The Labute approximate surface area is 120 Å². The maximum atomic E-state index is 13.1. The lowest BCUT2D eigenvalue weighted by Gasteiger charge is -2.28. The molecule has 0 atom stereocenters. The summed E-state index contributed by atoms with van der Waals surface area (Å²) in [6.07, 6.45) is 0. The van der Waals surface area contributed by atoms with Crippen LogP contribution in [0.4, 0.5) is 18.6 Å². The first kappa shape index (κ1) is 15.7. The number of hydrogen-bond donors (Lipinski definition) is 1. The topological polar surface area (TPSA) is 64.0 Å². The van der Waals surface area contributed by atoms with Crippen LogP contribution in [0.5, 0.6) is 0 Å². The molecule has 1 N–H and O–H groups in total. The summed E-state index contributed by atoms with van der Waals surface area (Å²) in [6.45, 7) is -0.139. The van der Waals surface area contributed by atoms with Gasteiger partial charge in [0.25, 0.3) is 0 Å². The molecule has 0 saturated carbocycles. The molecule has 1 fully saturated rings. The molecule has 1 aliphatic heterocycles. The number of piperazine rings is 1. The predicted octanol–water partition coefficient (Wildman–Crippen LogP) is 2.40. The third kappa shape index (κ3) is 3.90. The highest BCUT2D eigenvalue weighted by atomic mass is 19.4. The lowest BCUT2D eigenvalue weighted by Crippen LogP contribution is -2.43. The van der Waals surface area contributed by atoms with Gasteiger partial charge < -0.3 is 18.3 Å². The average molecular weight is 298 g/mol. The van der Waals surface area contributed by atoms with Crippen molar-refractivity contribution in [1.82, 2.24) is 10.2 Å². The molecule has 0 aromatic heterocycles. The van der Waals surface area contributed by atoms with Crippen LogP contribution in [0.1, 0.15) is 11.1 Å². The Balaban J connectivity index is 2.36. The van der Waals surface area contributed by atoms with Gasteiger partial charge in [0.1, 0.15) is 0 Å². The molecule has 5 nitrogen and oxygen atoms in total. The van der Waals surface area contributed by atoms with E-state index in [2.05, 4.69) is 20.2 Å². The van der Waals surface area contributed by atoms with Gasteiger partial charge in [-0.1, -0.05) is 16.7 Å². The Morgan fingerprint density at radius 2 is 2.00 bits per heavy atom. The van der Waals surface area contributed by atoms with Gasteiger partial charge in [0.15, 0.2) is 0 Å². The molecular formula is C12H16BF3N5-. The van der Waals surface area contributed by atoms with Crippen LogP contribution in [0.25, 0.3) is 10.4 Å². The molecule has 1 aliphatic rings. The van der Waals surface area contributed by atoms with E-state index in [-0.39, 0.29) is 11.3 Å². The first-order valence-electron chi connectivity index (χ1n) is 6.73. The molecule has 1 saturated heterocycles. The third-order valence-electron chi connectivity index (χ3n) is 3.60. The highest BCUT2D eigenvalue weighted by Crippen LogP contribution is 2.24. The molecule has 0 unspecified atom stereocenters. The van der Waals surface area contributed by atoms with E-state index < -0.39 is 12.4 Å². The van der Waals surface area contributed by atoms with Crippen LogP contribution in [0.3, 0.4) is 0 Å². The number of nitrogens with one attached hydrogen (secondary N) is 1. The minimum atomic E-state index is -5.13. The summed E-state index contributed by atoms with van der Waals surface area (Å²) in [5, 5.41) is 6.59. The summed E-state index contributed by atoms with van der Waals surface area (Å²) in [5.41, 5.74) is 8.41. The fourth-order valence-corrected chi connectivity index (χ4v) is 2.49. The van der Waals surface area contributed by atoms with E-state index in [1.165, 1.54) is 13.0 Å². The minimum Gasteiger partial charge on any atom is -0.445 e. The van der Waals surface area contributed by atoms with Gasteiger partial charge in [0, 0.05) is 43.3 Å². The minimum absolute atomic E-state index is 0.00985. The van der Waals surface area contributed by atoms with Crippen molar-refractivity contribution in [3.63, 3.8) is 0 Å². The summed E-state index contributed by atoms with van der Waals surface area (Å²) in [4.78, 5) is 4.70. The van der Waals surface area contributed by atoms with Crippen LogP contribution < -0.4 is 10.8 Å². The fraction of sp³-hybridized carbons (Fsp3) is 0.500. The van der Waals surface area contributed by atoms with Gasteiger partial charge in [-0.25, -0.2) is 0 Å². The van der Waals surface area contributed by atoms with Gasteiger partial charge in [-0.05, 0) is 24.1 Å². The summed E-state index contributed by atoms with van der Waals surface area (Å²) in [6, 6.07) is 2.72. The Morgan fingerprint density at radius 3 is 2.57 bits per heavy atom. The fourth-order valence-electron chi connectivity index (χ4n) is 2.49. The van der Waals surface area contributed by atoms with Crippen molar-refractivity contribution in [3.05, 3.63) is 33.7 Å². The van der Waals surface area contributed by atoms with Crippen molar-refractivity contribution in [2.75, 3.05) is 26.2 Å². The third-order valence-corrected chi connectivity index (χ3v) is 3.60. The van der Waals surface area contributed by atoms with E-state index in [4.69, 9.17) is 5.53 Å². The second-order valence-corrected chi connectivity index (χ2v) is 5.12. The second-order valence-electron chi connectivity index (χ2n) is 5.12. The number of nitrogens with zero attached hydrogens (tertiary/aromatic N) is 4. The zero-order chi connectivity index (χ0) is 15.5. The van der Waals surface area contributed by atoms with Gasteiger partial charge in [0.2, 0.25) is 0 Å². The standard InChI is InChI=1S/C12H16BF3N5/c1-9-11(13(14,15)16)6-10(7-12(9)19-20-17)8-21-4-2-18-3-5-21/h6-7,18H,2-5,8H2,1H3/q-1. The Morgan fingerprint density at radius 1 is 1.33 bits per heavy atom. The van der Waals surface area contributed by atoms with Gasteiger partial charge in [0.05, 0.1) is 0 Å². The first-order chi connectivity index (χ1) is 9.91. The molecular weight excluding hydrogens is 282 g/mol. The van der Waals surface area contributed by atoms with Crippen LogP contribution >= 0.6 is 0 Å². The SMILES string of the molecule is Cc1c(N=[N+]=[N-])cc(CN2CCNCC2)cc1[B-](F)(F)F. The van der Waals surface area contributed by atoms with E-state index in [0.29, 0.717) is 12.1 Å². The zero-order valence-electron chi connectivity index (χ0n) is 11.7. The molecule has 9 heteroatoms. The van der Waals surface area contributed by atoms with Gasteiger partial charge in [-0.3, -0.25) is 4.90 Å². The van der Waals surface area contributed by atoms with Gasteiger partial charge in [-0.2, -0.15) is 0 Å². The maximum Gasteiger partial charge on any atom is 0.509 e. The van der Waals surface area contributed by atoms with Crippen LogP contribution in [0.2, 0.25) is 0 Å². The van der Waals surface area contributed by atoms with Gasteiger partial charge in [-0.15, -0.1) is 5.46 Å². The Hall–Kier alpha value is -1.70. The van der Waals surface area contributed by atoms with Crippen molar-refractivity contribution >= 4 is 18.1 Å². The lowest BCUT2D eigenvalue weighted by atomic mass is 9.76. The lowest BCUT2D eigenvalue weighted by molar-refractivity contribution is 0.233. The van der Waals surface area contributed by atoms with E-state index in [9.17, 15) is 12.9 Å². The Bertz CT molecular complexity index is 563. The van der Waals surface area contributed by atoms with E-state index in [1.54, 1.807) is 6.07 Å². The quantitative estimate of drug-likeness (QED) is 0.401. The van der Waals surface area contributed by atoms with E-state index in [1.807, 2.05) is 0 Å². The van der Waals surface area contributed by atoms with Crippen LogP contribution in [-0.2, 0) is 6.54 Å². The molecule has 2 rings (SSSR count). The molecule has 0 spiro atoms. The molecule has 0 amide bonds. The average Bonchev–Trinajstić information content (AvgIpc) is 2.42. The summed E-state index contributed by atoms with van der Waals surface area (Å²) < 4.78 is 39.4. The van der Waals surface area contributed by atoms with Gasteiger partial charge >= 0.3 is 6.98 Å². The highest BCUT2D eigenvalue weighted by Gasteiger charge is 2.28. The van der Waals surface area contributed by atoms with E-state index >= 15 is 0 Å². The van der Waals surface area contributed by atoms with E-state index in [0.717, 1.165) is 26.2 Å². The van der Waals surface area contributed by atoms with Crippen molar-refractivity contribution in [2.24, 2.45) is 5.11 Å². The number of hydrogen-bond acceptors (Lipinski definition) is 3. The number of rotatable bonds is 4. The zero-order valence-corrected chi connectivity index (χ0v) is 11.7. The molecule has 0 aliphatic carbocycles. The van der Waals surface area contributed by atoms with Crippen LogP contribution in [-0.4, -0.2) is 38.1 Å². The van der Waals surface area contributed by atoms with Crippen LogP contribution in [0.15, 0.2) is 17.2 Å². The normalized spacial score (nSPS) is 16.6. The monoisotopic (exact) mass is 298 g/mol. The molecule has 1 heterocycles. The van der Waals surface area contributed by atoms with Crippen molar-refractivity contribution in [1.29, 1.82) is 0 Å². The summed E-state index contributed by atoms with van der Waals surface area (Å²) in [5.74, 6) is 0. The molecule has 114 valence electrons. The molecule has 1 aromatic carbocycles. The molecule has 21 heavy (non-hydrogen) atoms. The van der Waals surface area contributed by atoms with Crippen LogP contribution in [0, 0.1) is 6.92 Å². The number of azide groups is 1. The first-order valence-corrected chi connectivity index (χ1v) is 6.73.